The third kappa shape index (κ3) is 2.72. The standard InChI is InChI=1S/C13H21N3OS/c1-11-14-12(17-15-11)9-16-7-8-18-13(10-16)5-3-2-4-6-13/h2-10H2,1H3. The van der Waals surface area contributed by atoms with Crippen molar-refractivity contribution >= 4 is 11.8 Å². The Morgan fingerprint density at radius 1 is 1.33 bits per heavy atom. The number of thioether (sulfide) groups is 1. The van der Waals surface area contributed by atoms with Crippen LogP contribution in [-0.4, -0.2) is 38.6 Å². The molecule has 100 valence electrons. The monoisotopic (exact) mass is 267 g/mol. The van der Waals surface area contributed by atoms with Crippen molar-refractivity contribution in [3.63, 3.8) is 0 Å². The summed E-state index contributed by atoms with van der Waals surface area (Å²) in [5.41, 5.74) is 0. The smallest absolute Gasteiger partial charge is 0.240 e. The Kier molecular flexibility index (Phi) is 3.61. The van der Waals surface area contributed by atoms with Gasteiger partial charge in [0, 0.05) is 23.6 Å². The van der Waals surface area contributed by atoms with Crippen LogP contribution in [0.2, 0.25) is 0 Å². The summed E-state index contributed by atoms with van der Waals surface area (Å²) in [5.74, 6) is 2.75. The summed E-state index contributed by atoms with van der Waals surface area (Å²) in [7, 11) is 0. The van der Waals surface area contributed by atoms with E-state index in [1.165, 1.54) is 44.4 Å². The molecular formula is C13H21N3OS. The van der Waals surface area contributed by atoms with Crippen molar-refractivity contribution in [3.8, 4) is 0 Å². The van der Waals surface area contributed by atoms with E-state index in [4.69, 9.17) is 4.52 Å². The van der Waals surface area contributed by atoms with E-state index < -0.39 is 0 Å². The van der Waals surface area contributed by atoms with E-state index in [-0.39, 0.29) is 0 Å². The second kappa shape index (κ2) is 5.21. The van der Waals surface area contributed by atoms with Crippen molar-refractivity contribution in [2.75, 3.05) is 18.8 Å². The molecule has 0 radical (unpaired) electrons. The topological polar surface area (TPSA) is 42.2 Å². The quantitative estimate of drug-likeness (QED) is 0.824. The van der Waals surface area contributed by atoms with Crippen LogP contribution >= 0.6 is 11.8 Å². The summed E-state index contributed by atoms with van der Waals surface area (Å²) < 4.78 is 5.75. The highest BCUT2D eigenvalue weighted by molar-refractivity contribution is 8.00. The molecule has 1 aliphatic carbocycles. The van der Waals surface area contributed by atoms with Crippen molar-refractivity contribution in [2.45, 2.75) is 50.3 Å². The molecule has 1 aromatic heterocycles. The average Bonchev–Trinajstić information content (AvgIpc) is 2.76. The summed E-state index contributed by atoms with van der Waals surface area (Å²) in [5, 5.41) is 3.87. The number of nitrogens with zero attached hydrogens (tertiary/aromatic N) is 3. The zero-order valence-electron chi connectivity index (χ0n) is 11.0. The molecular weight excluding hydrogens is 246 g/mol. The minimum absolute atomic E-state index is 0.519. The normalized spacial score (nSPS) is 24.5. The predicted octanol–water partition coefficient (Wildman–Crippen LogP) is 2.63. The van der Waals surface area contributed by atoms with Crippen LogP contribution in [0.1, 0.15) is 43.8 Å². The average molecular weight is 267 g/mol. The summed E-state index contributed by atoms with van der Waals surface area (Å²) in [6, 6.07) is 0. The lowest BCUT2D eigenvalue weighted by atomic mass is 9.87. The Hall–Kier alpha value is -0.550. The maximum Gasteiger partial charge on any atom is 0.240 e. The van der Waals surface area contributed by atoms with Gasteiger partial charge in [-0.25, -0.2) is 0 Å². The lowest BCUT2D eigenvalue weighted by Gasteiger charge is -2.44. The van der Waals surface area contributed by atoms with E-state index in [0.717, 1.165) is 24.8 Å². The van der Waals surface area contributed by atoms with E-state index in [2.05, 4.69) is 26.8 Å². The number of hydrogen-bond donors (Lipinski definition) is 0. The van der Waals surface area contributed by atoms with Crippen LogP contribution in [0.25, 0.3) is 0 Å². The summed E-state index contributed by atoms with van der Waals surface area (Å²) in [6.07, 6.45) is 7.00. The molecule has 0 unspecified atom stereocenters. The minimum atomic E-state index is 0.519. The van der Waals surface area contributed by atoms with Crippen molar-refractivity contribution in [3.05, 3.63) is 11.7 Å². The molecule has 2 heterocycles. The van der Waals surface area contributed by atoms with Crippen LogP contribution in [0, 0.1) is 6.92 Å². The van der Waals surface area contributed by atoms with Crippen molar-refractivity contribution < 1.29 is 4.52 Å². The molecule has 1 saturated heterocycles. The van der Waals surface area contributed by atoms with Gasteiger partial charge in [0.15, 0.2) is 5.82 Å². The van der Waals surface area contributed by atoms with E-state index >= 15 is 0 Å². The molecule has 1 spiro atoms. The molecule has 0 N–H and O–H groups in total. The SMILES string of the molecule is Cc1noc(CN2CCSC3(CCCCC3)C2)n1. The minimum Gasteiger partial charge on any atom is -0.338 e. The van der Waals surface area contributed by atoms with Crippen LogP contribution in [-0.2, 0) is 6.54 Å². The first kappa shape index (κ1) is 12.5. The fraction of sp³-hybridized carbons (Fsp3) is 0.846. The highest BCUT2D eigenvalue weighted by Gasteiger charge is 2.37. The number of aryl methyl sites for hydroxylation is 1. The van der Waals surface area contributed by atoms with Gasteiger partial charge in [0.25, 0.3) is 0 Å². The zero-order chi connectivity index (χ0) is 12.4. The van der Waals surface area contributed by atoms with E-state index in [1.54, 1.807) is 0 Å². The molecule has 18 heavy (non-hydrogen) atoms. The maximum atomic E-state index is 5.23. The molecule has 5 heteroatoms. The molecule has 2 fully saturated rings. The second-order valence-corrected chi connectivity index (χ2v) is 7.10. The summed E-state index contributed by atoms with van der Waals surface area (Å²) in [6.45, 7) is 5.04. The van der Waals surface area contributed by atoms with Gasteiger partial charge in [0.1, 0.15) is 0 Å². The van der Waals surface area contributed by atoms with Crippen LogP contribution in [0.3, 0.4) is 0 Å². The Morgan fingerprint density at radius 3 is 2.89 bits per heavy atom. The third-order valence-electron chi connectivity index (χ3n) is 4.02. The van der Waals surface area contributed by atoms with Gasteiger partial charge < -0.3 is 4.52 Å². The predicted molar refractivity (Wildman–Crippen MR) is 72.6 cm³/mol. The Bertz CT molecular complexity index is 395. The lowest BCUT2D eigenvalue weighted by Crippen LogP contribution is -2.47. The van der Waals surface area contributed by atoms with Gasteiger partial charge in [0.05, 0.1) is 6.54 Å². The van der Waals surface area contributed by atoms with Gasteiger partial charge in [-0.3, -0.25) is 4.90 Å². The summed E-state index contributed by atoms with van der Waals surface area (Å²) >= 11 is 2.20. The fourth-order valence-corrected chi connectivity index (χ4v) is 4.79. The highest BCUT2D eigenvalue weighted by Crippen LogP contribution is 2.42. The van der Waals surface area contributed by atoms with Crippen LogP contribution in [0.4, 0.5) is 0 Å². The highest BCUT2D eigenvalue weighted by atomic mass is 32.2. The van der Waals surface area contributed by atoms with Crippen molar-refractivity contribution in [1.29, 1.82) is 0 Å². The fourth-order valence-electron chi connectivity index (χ4n) is 3.15. The molecule has 0 aromatic carbocycles. The second-order valence-electron chi connectivity index (χ2n) is 5.54. The summed E-state index contributed by atoms with van der Waals surface area (Å²) in [4.78, 5) is 6.81. The van der Waals surface area contributed by atoms with Crippen LogP contribution in [0.5, 0.6) is 0 Å². The largest absolute Gasteiger partial charge is 0.338 e. The van der Waals surface area contributed by atoms with Crippen LogP contribution < -0.4 is 0 Å². The van der Waals surface area contributed by atoms with Crippen molar-refractivity contribution in [1.82, 2.24) is 15.0 Å². The van der Waals surface area contributed by atoms with Crippen molar-refractivity contribution in [2.24, 2.45) is 0 Å². The lowest BCUT2D eigenvalue weighted by molar-refractivity contribution is 0.189. The van der Waals surface area contributed by atoms with E-state index in [0.29, 0.717) is 4.75 Å². The first-order valence-electron chi connectivity index (χ1n) is 6.91. The van der Waals surface area contributed by atoms with Gasteiger partial charge in [-0.15, -0.1) is 0 Å². The molecule has 0 bridgehead atoms. The molecule has 1 aliphatic heterocycles. The van der Waals surface area contributed by atoms with E-state index in [1.807, 2.05) is 6.92 Å². The van der Waals surface area contributed by atoms with Gasteiger partial charge in [-0.2, -0.15) is 16.7 Å². The van der Waals surface area contributed by atoms with Gasteiger partial charge in [-0.1, -0.05) is 24.4 Å². The Labute approximate surface area is 113 Å². The maximum absolute atomic E-state index is 5.23. The molecule has 3 rings (SSSR count). The van der Waals surface area contributed by atoms with E-state index in [9.17, 15) is 0 Å². The molecule has 4 nitrogen and oxygen atoms in total. The van der Waals surface area contributed by atoms with Gasteiger partial charge >= 0.3 is 0 Å². The number of aromatic nitrogens is 2. The molecule has 0 atom stereocenters. The first-order valence-corrected chi connectivity index (χ1v) is 7.90. The Morgan fingerprint density at radius 2 is 2.17 bits per heavy atom. The molecule has 1 saturated carbocycles. The molecule has 0 amide bonds. The van der Waals surface area contributed by atoms with Crippen LogP contribution in [0.15, 0.2) is 4.52 Å². The number of rotatable bonds is 2. The number of hydrogen-bond acceptors (Lipinski definition) is 5. The first-order chi connectivity index (χ1) is 8.76. The zero-order valence-corrected chi connectivity index (χ0v) is 11.8. The van der Waals surface area contributed by atoms with Gasteiger partial charge in [-0.05, 0) is 19.8 Å². The Balaban J connectivity index is 1.63. The third-order valence-corrected chi connectivity index (χ3v) is 5.56. The molecule has 2 aliphatic rings. The molecule has 1 aromatic rings. The van der Waals surface area contributed by atoms with Gasteiger partial charge in [0.2, 0.25) is 5.89 Å².